The van der Waals surface area contributed by atoms with E-state index in [1.54, 1.807) is 0 Å². The average Bonchev–Trinajstić information content (AvgIpc) is 2.57. The summed E-state index contributed by atoms with van der Waals surface area (Å²) in [5, 5.41) is 7.87. The highest BCUT2D eigenvalue weighted by molar-refractivity contribution is 5.13. The lowest BCUT2D eigenvalue weighted by molar-refractivity contribution is 0.486. The van der Waals surface area contributed by atoms with Crippen LogP contribution in [0, 0.1) is 18.8 Å². The van der Waals surface area contributed by atoms with Crippen LogP contribution in [0.2, 0.25) is 0 Å². The third kappa shape index (κ3) is 3.39. The van der Waals surface area contributed by atoms with Gasteiger partial charge in [0.2, 0.25) is 0 Å². The minimum atomic E-state index is 0.358. The van der Waals surface area contributed by atoms with Gasteiger partial charge in [0.25, 0.3) is 0 Å². The number of nitrogens with one attached hydrogen (secondary N) is 1. The summed E-state index contributed by atoms with van der Waals surface area (Å²) in [7, 11) is 2.00. The maximum atomic E-state index is 4.38. The van der Waals surface area contributed by atoms with Crippen LogP contribution in [-0.4, -0.2) is 16.3 Å². The third-order valence-corrected chi connectivity index (χ3v) is 2.58. The fraction of sp³-hybridized carbons (Fsp3) is 0.615. The molecule has 16 heavy (non-hydrogen) atoms. The molecule has 1 aromatic heterocycles. The highest BCUT2D eigenvalue weighted by Gasteiger charge is 2.14. The van der Waals surface area contributed by atoms with Gasteiger partial charge in [0, 0.05) is 13.5 Å². The Morgan fingerprint density at radius 3 is 2.81 bits per heavy atom. The van der Waals surface area contributed by atoms with Crippen LogP contribution in [0.15, 0.2) is 6.07 Å². The van der Waals surface area contributed by atoms with Crippen LogP contribution in [-0.2, 0) is 7.05 Å². The molecule has 0 spiro atoms. The third-order valence-electron chi connectivity index (χ3n) is 2.58. The van der Waals surface area contributed by atoms with Gasteiger partial charge in [-0.2, -0.15) is 5.10 Å². The molecule has 1 aromatic rings. The Balaban J connectivity index is 2.74. The highest BCUT2D eigenvalue weighted by atomic mass is 15.3. The van der Waals surface area contributed by atoms with E-state index < -0.39 is 0 Å². The lowest BCUT2D eigenvalue weighted by atomic mass is 10.1. The lowest BCUT2D eigenvalue weighted by Gasteiger charge is -2.16. The van der Waals surface area contributed by atoms with Gasteiger partial charge in [0.15, 0.2) is 0 Å². The van der Waals surface area contributed by atoms with Crippen molar-refractivity contribution in [2.24, 2.45) is 7.05 Å². The molecule has 1 N–H and O–H groups in total. The largest absolute Gasteiger partial charge is 0.309 e. The van der Waals surface area contributed by atoms with Gasteiger partial charge in [-0.05, 0) is 32.9 Å². The van der Waals surface area contributed by atoms with Gasteiger partial charge in [-0.15, -0.1) is 11.8 Å². The van der Waals surface area contributed by atoms with Gasteiger partial charge in [-0.1, -0.05) is 6.92 Å². The molecule has 0 aliphatic rings. The molecule has 0 amide bonds. The summed E-state index contributed by atoms with van der Waals surface area (Å²) in [6.07, 6.45) is 1.96. The van der Waals surface area contributed by atoms with Crippen molar-refractivity contribution in [1.82, 2.24) is 15.1 Å². The van der Waals surface area contributed by atoms with E-state index in [9.17, 15) is 0 Å². The molecule has 0 saturated carbocycles. The van der Waals surface area contributed by atoms with Crippen molar-refractivity contribution < 1.29 is 0 Å². The molecule has 3 nitrogen and oxygen atoms in total. The van der Waals surface area contributed by atoms with E-state index in [1.165, 1.54) is 5.69 Å². The Morgan fingerprint density at radius 1 is 1.56 bits per heavy atom. The highest BCUT2D eigenvalue weighted by Crippen LogP contribution is 2.18. The van der Waals surface area contributed by atoms with Gasteiger partial charge >= 0.3 is 0 Å². The molecule has 88 valence electrons. The van der Waals surface area contributed by atoms with Crippen LogP contribution in [0.3, 0.4) is 0 Å². The van der Waals surface area contributed by atoms with E-state index in [4.69, 9.17) is 0 Å². The molecule has 0 radical (unpaired) electrons. The Labute approximate surface area is 98.2 Å². The van der Waals surface area contributed by atoms with Crippen LogP contribution in [0.4, 0.5) is 0 Å². The van der Waals surface area contributed by atoms with E-state index >= 15 is 0 Å². The van der Waals surface area contributed by atoms with Gasteiger partial charge in [0.1, 0.15) is 0 Å². The fourth-order valence-corrected chi connectivity index (χ4v) is 1.90. The Bertz CT molecular complexity index is 382. The molecule has 0 bridgehead atoms. The van der Waals surface area contributed by atoms with Crippen molar-refractivity contribution in [3.05, 3.63) is 17.5 Å². The van der Waals surface area contributed by atoms with Crippen molar-refractivity contribution in [2.75, 3.05) is 6.54 Å². The van der Waals surface area contributed by atoms with E-state index in [-0.39, 0.29) is 0 Å². The molecule has 3 heteroatoms. The number of hydrogen-bond acceptors (Lipinski definition) is 2. The number of aromatic nitrogens is 2. The monoisotopic (exact) mass is 219 g/mol. The predicted octanol–water partition coefficient (Wildman–Crippen LogP) is 2.18. The number of nitrogens with zero attached hydrogens (tertiary/aromatic N) is 2. The summed E-state index contributed by atoms with van der Waals surface area (Å²) in [6.45, 7) is 7.00. The van der Waals surface area contributed by atoms with Crippen molar-refractivity contribution in [3.63, 3.8) is 0 Å². The van der Waals surface area contributed by atoms with Crippen LogP contribution >= 0.6 is 0 Å². The first-order valence-corrected chi connectivity index (χ1v) is 5.82. The quantitative estimate of drug-likeness (QED) is 0.769. The summed E-state index contributed by atoms with van der Waals surface area (Å²) in [6, 6.07) is 2.50. The summed E-state index contributed by atoms with van der Waals surface area (Å²) >= 11 is 0. The smallest absolute Gasteiger partial charge is 0.0597 e. The van der Waals surface area contributed by atoms with Crippen molar-refractivity contribution in [1.29, 1.82) is 0 Å². The molecule has 1 unspecified atom stereocenters. The zero-order valence-corrected chi connectivity index (χ0v) is 10.7. The number of aryl methyl sites for hydroxylation is 2. The van der Waals surface area contributed by atoms with Gasteiger partial charge in [-0.25, -0.2) is 0 Å². The maximum absolute atomic E-state index is 4.38. The van der Waals surface area contributed by atoms with Crippen molar-refractivity contribution >= 4 is 0 Å². The first-order valence-electron chi connectivity index (χ1n) is 5.82. The van der Waals surface area contributed by atoms with E-state index in [0.717, 1.165) is 25.1 Å². The number of rotatable bonds is 5. The van der Waals surface area contributed by atoms with Gasteiger partial charge < -0.3 is 5.32 Å². The second-order valence-electron chi connectivity index (χ2n) is 3.91. The summed E-state index contributed by atoms with van der Waals surface area (Å²) in [5.74, 6) is 6.05. The second-order valence-corrected chi connectivity index (χ2v) is 3.91. The molecule has 0 saturated heterocycles. The van der Waals surface area contributed by atoms with Crippen LogP contribution in [0.1, 0.15) is 44.1 Å². The average molecular weight is 219 g/mol. The fourth-order valence-electron chi connectivity index (χ4n) is 1.90. The predicted molar refractivity (Wildman–Crippen MR) is 67.0 cm³/mol. The van der Waals surface area contributed by atoms with Crippen LogP contribution in [0.5, 0.6) is 0 Å². The SMILES string of the molecule is CC#CCCC(NCC)c1cc(C)nn1C. The molecular formula is C13H21N3. The molecule has 0 fully saturated rings. The standard InChI is InChI=1S/C13H21N3/c1-5-7-8-9-12(14-6-2)13-10-11(3)15-16(13)4/h10,12,14H,6,8-9H2,1-4H3. The Hall–Kier alpha value is -1.27. The summed E-state index contributed by atoms with van der Waals surface area (Å²) < 4.78 is 1.96. The molecule has 1 atom stereocenters. The van der Waals surface area contributed by atoms with Crippen LogP contribution in [0.25, 0.3) is 0 Å². The topological polar surface area (TPSA) is 29.9 Å². The van der Waals surface area contributed by atoms with E-state index in [2.05, 4.69) is 35.2 Å². The first kappa shape index (κ1) is 12.8. The molecule has 0 aromatic carbocycles. The Kier molecular flexibility index (Phi) is 5.07. The van der Waals surface area contributed by atoms with E-state index in [1.807, 2.05) is 25.6 Å². The molecule has 0 aliphatic carbocycles. The van der Waals surface area contributed by atoms with E-state index in [0.29, 0.717) is 6.04 Å². The molecule has 1 rings (SSSR count). The van der Waals surface area contributed by atoms with Gasteiger partial charge in [-0.3, -0.25) is 4.68 Å². The normalized spacial score (nSPS) is 12.0. The molecule has 0 aliphatic heterocycles. The maximum Gasteiger partial charge on any atom is 0.0597 e. The van der Waals surface area contributed by atoms with Crippen molar-refractivity contribution in [3.8, 4) is 11.8 Å². The second kappa shape index (κ2) is 6.34. The summed E-state index contributed by atoms with van der Waals surface area (Å²) in [4.78, 5) is 0. The Morgan fingerprint density at radius 2 is 2.31 bits per heavy atom. The minimum absolute atomic E-state index is 0.358. The number of hydrogen-bond donors (Lipinski definition) is 1. The van der Waals surface area contributed by atoms with Gasteiger partial charge in [0.05, 0.1) is 17.4 Å². The summed E-state index contributed by atoms with van der Waals surface area (Å²) in [5.41, 5.74) is 2.32. The first-order chi connectivity index (χ1) is 7.69. The van der Waals surface area contributed by atoms with Crippen LogP contribution < -0.4 is 5.32 Å². The zero-order chi connectivity index (χ0) is 12.0. The molecule has 1 heterocycles. The zero-order valence-electron chi connectivity index (χ0n) is 10.7. The molecular weight excluding hydrogens is 198 g/mol. The van der Waals surface area contributed by atoms with Crippen molar-refractivity contribution in [2.45, 2.75) is 39.7 Å². The lowest BCUT2D eigenvalue weighted by Crippen LogP contribution is -2.23. The minimum Gasteiger partial charge on any atom is -0.309 e.